The predicted octanol–water partition coefficient (Wildman–Crippen LogP) is 3.08. The molecule has 0 aromatic heterocycles. The highest BCUT2D eigenvalue weighted by molar-refractivity contribution is 7.92. The number of carbonyl (C=O) groups excluding carboxylic acids is 1. The van der Waals surface area contributed by atoms with Gasteiger partial charge in [0.25, 0.3) is 10.0 Å². The van der Waals surface area contributed by atoms with Crippen molar-refractivity contribution < 1.29 is 17.9 Å². The summed E-state index contributed by atoms with van der Waals surface area (Å²) < 4.78 is 32.4. The fourth-order valence-electron chi connectivity index (χ4n) is 2.40. The Hall–Kier alpha value is -2.09. The van der Waals surface area contributed by atoms with Crippen LogP contribution in [0.1, 0.15) is 13.3 Å². The quantitative estimate of drug-likeness (QED) is 0.611. The Balaban J connectivity index is 2.20. The standard InChI is InChI=1S/C19H23ClN2O4S/c1-2-26-13-7-12-21-19(23)15-22(17-9-6-8-16(20)14-17)27(24,25)18-10-4-3-5-11-18/h3-6,8-11,14H,2,7,12-13,15H2,1H3,(H,21,23). The van der Waals surface area contributed by atoms with Gasteiger partial charge in [-0.2, -0.15) is 0 Å². The van der Waals surface area contributed by atoms with E-state index in [1.807, 2.05) is 6.92 Å². The summed E-state index contributed by atoms with van der Waals surface area (Å²) in [7, 11) is -3.92. The first kappa shape index (κ1) is 21.2. The lowest BCUT2D eigenvalue weighted by Gasteiger charge is -2.24. The number of nitrogens with zero attached hydrogens (tertiary/aromatic N) is 1. The van der Waals surface area contributed by atoms with Gasteiger partial charge < -0.3 is 10.1 Å². The topological polar surface area (TPSA) is 75.7 Å². The van der Waals surface area contributed by atoms with Gasteiger partial charge in [0, 0.05) is 24.8 Å². The molecule has 1 N–H and O–H groups in total. The molecule has 6 nitrogen and oxygen atoms in total. The molecule has 0 unspecified atom stereocenters. The van der Waals surface area contributed by atoms with E-state index < -0.39 is 15.9 Å². The average Bonchev–Trinajstić information content (AvgIpc) is 2.66. The Kier molecular flexibility index (Phi) is 8.09. The first-order chi connectivity index (χ1) is 12.9. The van der Waals surface area contributed by atoms with Gasteiger partial charge in [0.1, 0.15) is 6.54 Å². The van der Waals surface area contributed by atoms with Gasteiger partial charge in [-0.05, 0) is 43.7 Å². The molecule has 0 fully saturated rings. The first-order valence-electron chi connectivity index (χ1n) is 8.63. The number of anilines is 1. The average molecular weight is 411 g/mol. The molecule has 0 saturated carbocycles. The lowest BCUT2D eigenvalue weighted by molar-refractivity contribution is -0.119. The van der Waals surface area contributed by atoms with E-state index in [1.54, 1.807) is 36.4 Å². The third kappa shape index (κ3) is 6.23. The number of halogens is 1. The number of ether oxygens (including phenoxy) is 1. The summed E-state index contributed by atoms with van der Waals surface area (Å²) in [4.78, 5) is 12.4. The summed E-state index contributed by atoms with van der Waals surface area (Å²) in [5.74, 6) is -0.397. The van der Waals surface area contributed by atoms with Crippen molar-refractivity contribution in [3.8, 4) is 0 Å². The van der Waals surface area contributed by atoms with E-state index >= 15 is 0 Å². The maximum atomic E-state index is 13.1. The summed E-state index contributed by atoms with van der Waals surface area (Å²) >= 11 is 6.02. The fourth-order valence-corrected chi connectivity index (χ4v) is 4.02. The maximum Gasteiger partial charge on any atom is 0.264 e. The molecule has 2 aromatic rings. The monoisotopic (exact) mass is 410 g/mol. The van der Waals surface area contributed by atoms with Gasteiger partial charge in [-0.3, -0.25) is 9.10 Å². The SMILES string of the molecule is CCOCCCNC(=O)CN(c1cccc(Cl)c1)S(=O)(=O)c1ccccc1. The minimum atomic E-state index is -3.92. The molecular weight excluding hydrogens is 388 g/mol. The van der Waals surface area contributed by atoms with Crippen LogP contribution in [0.4, 0.5) is 5.69 Å². The van der Waals surface area contributed by atoms with E-state index in [9.17, 15) is 13.2 Å². The highest BCUT2D eigenvalue weighted by Gasteiger charge is 2.27. The molecular formula is C19H23ClN2O4S. The van der Waals surface area contributed by atoms with Gasteiger partial charge in [0.05, 0.1) is 10.6 Å². The zero-order chi connectivity index (χ0) is 19.7. The van der Waals surface area contributed by atoms with Crippen molar-refractivity contribution in [1.82, 2.24) is 5.32 Å². The van der Waals surface area contributed by atoms with Crippen LogP contribution in [-0.2, 0) is 19.6 Å². The molecule has 0 aliphatic carbocycles. The normalized spacial score (nSPS) is 11.2. The smallest absolute Gasteiger partial charge is 0.264 e. The number of benzene rings is 2. The Morgan fingerprint density at radius 3 is 2.56 bits per heavy atom. The van der Waals surface area contributed by atoms with E-state index in [1.165, 1.54) is 18.2 Å². The molecule has 0 saturated heterocycles. The second kappa shape index (κ2) is 10.3. The van der Waals surface area contributed by atoms with Crippen molar-refractivity contribution in [1.29, 1.82) is 0 Å². The molecule has 2 rings (SSSR count). The Morgan fingerprint density at radius 1 is 1.15 bits per heavy atom. The summed E-state index contributed by atoms with van der Waals surface area (Å²) in [6.45, 7) is 3.12. The van der Waals surface area contributed by atoms with Crippen molar-refractivity contribution in [2.75, 3.05) is 30.6 Å². The van der Waals surface area contributed by atoms with Crippen molar-refractivity contribution in [3.05, 3.63) is 59.6 Å². The molecule has 0 heterocycles. The lowest BCUT2D eigenvalue weighted by atomic mass is 10.3. The van der Waals surface area contributed by atoms with E-state index in [0.717, 1.165) is 4.31 Å². The van der Waals surface area contributed by atoms with E-state index in [-0.39, 0.29) is 11.4 Å². The molecule has 0 aliphatic rings. The lowest BCUT2D eigenvalue weighted by Crippen LogP contribution is -2.41. The van der Waals surface area contributed by atoms with Gasteiger partial charge in [0.2, 0.25) is 5.91 Å². The van der Waals surface area contributed by atoms with E-state index in [2.05, 4.69) is 5.32 Å². The van der Waals surface area contributed by atoms with Gasteiger partial charge in [-0.25, -0.2) is 8.42 Å². The predicted molar refractivity (Wildman–Crippen MR) is 107 cm³/mol. The zero-order valence-corrected chi connectivity index (χ0v) is 16.7. The zero-order valence-electron chi connectivity index (χ0n) is 15.1. The molecule has 0 radical (unpaired) electrons. The van der Waals surface area contributed by atoms with E-state index in [4.69, 9.17) is 16.3 Å². The summed E-state index contributed by atoms with van der Waals surface area (Å²) in [5, 5.41) is 3.11. The molecule has 1 amide bonds. The van der Waals surface area contributed by atoms with Crippen molar-refractivity contribution in [2.24, 2.45) is 0 Å². The molecule has 146 valence electrons. The largest absolute Gasteiger partial charge is 0.382 e. The second-order valence-electron chi connectivity index (χ2n) is 5.71. The number of hydrogen-bond acceptors (Lipinski definition) is 4. The number of amides is 1. The van der Waals surface area contributed by atoms with Gasteiger partial charge in [0.15, 0.2) is 0 Å². The first-order valence-corrected chi connectivity index (χ1v) is 10.4. The number of nitrogens with one attached hydrogen (secondary N) is 1. The number of hydrogen-bond donors (Lipinski definition) is 1. The van der Waals surface area contributed by atoms with Crippen LogP contribution in [0.3, 0.4) is 0 Å². The van der Waals surface area contributed by atoms with Crippen LogP contribution >= 0.6 is 11.6 Å². The van der Waals surface area contributed by atoms with Gasteiger partial charge in [-0.1, -0.05) is 35.9 Å². The molecule has 27 heavy (non-hydrogen) atoms. The summed E-state index contributed by atoms with van der Waals surface area (Å²) in [5.41, 5.74) is 0.329. The fraction of sp³-hybridized carbons (Fsp3) is 0.316. The minimum Gasteiger partial charge on any atom is -0.382 e. The summed E-state index contributed by atoms with van der Waals surface area (Å²) in [6.07, 6.45) is 0.655. The Bertz CT molecular complexity index is 844. The molecule has 0 aliphatic heterocycles. The number of carbonyl (C=O) groups is 1. The van der Waals surface area contributed by atoms with Crippen LogP contribution in [-0.4, -0.2) is 40.6 Å². The number of rotatable bonds is 10. The Morgan fingerprint density at radius 2 is 1.89 bits per heavy atom. The van der Waals surface area contributed by atoms with Crippen molar-refractivity contribution in [2.45, 2.75) is 18.2 Å². The molecule has 0 atom stereocenters. The molecule has 2 aromatic carbocycles. The molecule has 8 heteroatoms. The van der Waals surface area contributed by atoms with Crippen molar-refractivity contribution in [3.63, 3.8) is 0 Å². The highest BCUT2D eigenvalue weighted by Crippen LogP contribution is 2.25. The summed E-state index contributed by atoms with van der Waals surface area (Å²) in [6, 6.07) is 14.4. The van der Waals surface area contributed by atoms with E-state index in [0.29, 0.717) is 36.9 Å². The van der Waals surface area contributed by atoms with Crippen LogP contribution in [0.2, 0.25) is 5.02 Å². The minimum absolute atomic E-state index is 0.106. The van der Waals surface area contributed by atoms with Crippen molar-refractivity contribution >= 4 is 33.2 Å². The Labute approximate surface area is 165 Å². The second-order valence-corrected chi connectivity index (χ2v) is 8.00. The third-order valence-electron chi connectivity index (χ3n) is 3.71. The molecule has 0 bridgehead atoms. The van der Waals surface area contributed by atoms with Crippen LogP contribution in [0.15, 0.2) is 59.5 Å². The maximum absolute atomic E-state index is 13.1. The molecule has 0 spiro atoms. The van der Waals surface area contributed by atoms with Crippen LogP contribution in [0.25, 0.3) is 0 Å². The third-order valence-corrected chi connectivity index (χ3v) is 5.73. The van der Waals surface area contributed by atoms with Gasteiger partial charge in [-0.15, -0.1) is 0 Å². The highest BCUT2D eigenvalue weighted by atomic mass is 35.5. The van der Waals surface area contributed by atoms with Gasteiger partial charge >= 0.3 is 0 Å². The van der Waals surface area contributed by atoms with Crippen LogP contribution < -0.4 is 9.62 Å². The number of sulfonamides is 1. The van der Waals surface area contributed by atoms with Crippen LogP contribution in [0.5, 0.6) is 0 Å². The van der Waals surface area contributed by atoms with Crippen LogP contribution in [0, 0.1) is 0 Å².